The highest BCUT2D eigenvalue weighted by molar-refractivity contribution is 5.64. The van der Waals surface area contributed by atoms with E-state index in [9.17, 15) is 8.78 Å². The summed E-state index contributed by atoms with van der Waals surface area (Å²) < 4.78 is 27.0. The molecular weight excluding hydrogens is 269 g/mol. The Morgan fingerprint density at radius 2 is 1.90 bits per heavy atom. The van der Waals surface area contributed by atoms with Gasteiger partial charge in [-0.3, -0.25) is 0 Å². The van der Waals surface area contributed by atoms with Gasteiger partial charge in [0.1, 0.15) is 5.82 Å². The Bertz CT molecular complexity index is 669. The number of hydrogen-bond donors (Lipinski definition) is 1. The molecule has 2 bridgehead atoms. The summed E-state index contributed by atoms with van der Waals surface area (Å²) in [6.45, 7) is 0. The van der Waals surface area contributed by atoms with E-state index in [2.05, 4.69) is 10.3 Å². The maximum Gasteiger partial charge on any atom is 0.220 e. The third kappa shape index (κ3) is 2.23. The summed E-state index contributed by atoms with van der Waals surface area (Å²) in [5.41, 5.74) is 2.20. The first-order chi connectivity index (χ1) is 10.2. The molecular formula is C17H16F2N2. The molecule has 2 aliphatic heterocycles. The van der Waals surface area contributed by atoms with E-state index >= 15 is 0 Å². The smallest absolute Gasteiger partial charge is 0.220 e. The van der Waals surface area contributed by atoms with Crippen molar-refractivity contribution < 1.29 is 8.78 Å². The molecule has 3 atom stereocenters. The molecule has 2 aliphatic rings. The fourth-order valence-electron chi connectivity index (χ4n) is 3.69. The van der Waals surface area contributed by atoms with E-state index < -0.39 is 5.95 Å². The average Bonchev–Trinajstić information content (AvgIpc) is 3.12. The fourth-order valence-corrected chi connectivity index (χ4v) is 3.69. The van der Waals surface area contributed by atoms with Gasteiger partial charge in [0.15, 0.2) is 0 Å². The molecule has 1 aromatic heterocycles. The third-order valence-electron chi connectivity index (χ3n) is 4.74. The van der Waals surface area contributed by atoms with Gasteiger partial charge in [-0.1, -0.05) is 12.1 Å². The second-order valence-corrected chi connectivity index (χ2v) is 6.00. The first-order valence-electron chi connectivity index (χ1n) is 7.38. The molecule has 4 heteroatoms. The van der Waals surface area contributed by atoms with Crippen LogP contribution in [0.4, 0.5) is 8.78 Å². The topological polar surface area (TPSA) is 24.9 Å². The van der Waals surface area contributed by atoms with Gasteiger partial charge in [0.25, 0.3) is 0 Å². The van der Waals surface area contributed by atoms with Crippen LogP contribution in [0.5, 0.6) is 0 Å². The van der Waals surface area contributed by atoms with Crippen LogP contribution < -0.4 is 5.32 Å². The lowest BCUT2D eigenvalue weighted by atomic mass is 9.84. The van der Waals surface area contributed by atoms with E-state index in [4.69, 9.17) is 0 Å². The maximum atomic E-state index is 14.0. The lowest BCUT2D eigenvalue weighted by Crippen LogP contribution is -2.21. The Kier molecular flexibility index (Phi) is 3.00. The third-order valence-corrected chi connectivity index (χ3v) is 4.74. The molecule has 0 spiro atoms. The van der Waals surface area contributed by atoms with Gasteiger partial charge >= 0.3 is 0 Å². The molecule has 3 heterocycles. The van der Waals surface area contributed by atoms with Crippen molar-refractivity contribution in [3.63, 3.8) is 0 Å². The summed E-state index contributed by atoms with van der Waals surface area (Å²) in [7, 11) is 0. The molecule has 2 fully saturated rings. The lowest BCUT2D eigenvalue weighted by Gasteiger charge is -2.20. The van der Waals surface area contributed by atoms with E-state index in [1.54, 1.807) is 18.3 Å². The van der Waals surface area contributed by atoms with E-state index in [0.29, 0.717) is 29.1 Å². The number of fused-ring (bicyclic) bond motifs is 2. The van der Waals surface area contributed by atoms with Crippen molar-refractivity contribution in [2.75, 3.05) is 0 Å². The quantitative estimate of drug-likeness (QED) is 0.852. The van der Waals surface area contributed by atoms with Crippen LogP contribution in [-0.2, 0) is 0 Å². The Balaban J connectivity index is 1.71. The van der Waals surface area contributed by atoms with Crippen molar-refractivity contribution in [1.29, 1.82) is 0 Å². The zero-order valence-electron chi connectivity index (χ0n) is 11.5. The van der Waals surface area contributed by atoms with Gasteiger partial charge in [-0.15, -0.1) is 0 Å². The lowest BCUT2D eigenvalue weighted by molar-refractivity contribution is 0.502. The molecule has 2 nitrogen and oxygen atoms in total. The Labute approximate surface area is 122 Å². The summed E-state index contributed by atoms with van der Waals surface area (Å²) >= 11 is 0. The number of hydrogen-bond acceptors (Lipinski definition) is 2. The first kappa shape index (κ1) is 12.9. The number of rotatable bonds is 2. The predicted molar refractivity (Wildman–Crippen MR) is 76.9 cm³/mol. The molecule has 4 rings (SSSR count). The van der Waals surface area contributed by atoms with Gasteiger partial charge < -0.3 is 5.32 Å². The van der Waals surface area contributed by atoms with Gasteiger partial charge in [0.2, 0.25) is 5.95 Å². The van der Waals surface area contributed by atoms with E-state index in [-0.39, 0.29) is 5.82 Å². The molecule has 21 heavy (non-hydrogen) atoms. The van der Waals surface area contributed by atoms with Crippen LogP contribution in [0.25, 0.3) is 11.1 Å². The average molecular weight is 285 g/mol. The molecule has 2 saturated heterocycles. The normalized spacial score (nSPS) is 27.2. The van der Waals surface area contributed by atoms with Crippen molar-refractivity contribution >= 4 is 0 Å². The Morgan fingerprint density at radius 3 is 2.57 bits per heavy atom. The molecule has 0 aliphatic carbocycles. The number of benzene rings is 1. The molecule has 0 radical (unpaired) electrons. The van der Waals surface area contributed by atoms with E-state index in [0.717, 1.165) is 12.0 Å². The summed E-state index contributed by atoms with van der Waals surface area (Å²) in [5, 5.41) is 3.59. The predicted octanol–water partition coefficient (Wildman–Crippen LogP) is 3.63. The fraction of sp³-hybridized carbons (Fsp3) is 0.353. The Hall–Kier alpha value is -1.81. The van der Waals surface area contributed by atoms with Crippen LogP contribution in [0.15, 0.2) is 36.5 Å². The summed E-state index contributed by atoms with van der Waals surface area (Å²) in [6, 6.07) is 8.85. The summed E-state index contributed by atoms with van der Waals surface area (Å²) in [4.78, 5) is 3.92. The van der Waals surface area contributed by atoms with Gasteiger partial charge in [-0.05, 0) is 48.6 Å². The molecule has 1 unspecified atom stereocenters. The minimum absolute atomic E-state index is 0.319. The number of nitrogens with one attached hydrogen (secondary N) is 1. The highest BCUT2D eigenvalue weighted by atomic mass is 19.1. The minimum atomic E-state index is -0.499. The maximum absolute atomic E-state index is 14.0. The Morgan fingerprint density at radius 1 is 1.10 bits per heavy atom. The van der Waals surface area contributed by atoms with Gasteiger partial charge in [-0.25, -0.2) is 9.37 Å². The van der Waals surface area contributed by atoms with E-state index in [1.807, 2.05) is 6.07 Å². The van der Waals surface area contributed by atoms with Gasteiger partial charge in [-0.2, -0.15) is 4.39 Å². The zero-order valence-corrected chi connectivity index (χ0v) is 11.5. The van der Waals surface area contributed by atoms with Crippen molar-refractivity contribution in [3.8, 4) is 11.1 Å². The zero-order chi connectivity index (χ0) is 14.4. The first-order valence-corrected chi connectivity index (χ1v) is 7.38. The molecule has 1 aromatic carbocycles. The highest BCUT2D eigenvalue weighted by Gasteiger charge is 2.39. The number of aromatic nitrogens is 1. The second-order valence-electron chi connectivity index (χ2n) is 6.00. The second kappa shape index (κ2) is 4.88. The molecule has 0 amide bonds. The number of nitrogens with zero attached hydrogens (tertiary/aromatic N) is 1. The van der Waals surface area contributed by atoms with Crippen molar-refractivity contribution in [1.82, 2.24) is 10.3 Å². The van der Waals surface area contributed by atoms with Crippen LogP contribution in [0.3, 0.4) is 0 Å². The van der Waals surface area contributed by atoms with Crippen LogP contribution in [0.1, 0.15) is 30.7 Å². The van der Waals surface area contributed by atoms with Crippen LogP contribution in [0.2, 0.25) is 0 Å². The molecule has 0 saturated carbocycles. The van der Waals surface area contributed by atoms with Crippen molar-refractivity contribution in [2.45, 2.75) is 37.3 Å². The van der Waals surface area contributed by atoms with Gasteiger partial charge in [0.05, 0.1) is 0 Å². The van der Waals surface area contributed by atoms with Crippen LogP contribution in [-0.4, -0.2) is 17.1 Å². The SMILES string of the molecule is Fc1ccc(-c2cc(C3C[C@@H]4CC[C@H]3N4)cnc2[18F])cc1. The monoisotopic (exact) mass is 285 g/mol. The van der Waals surface area contributed by atoms with Crippen LogP contribution >= 0.6 is 0 Å². The summed E-state index contributed by atoms with van der Waals surface area (Å²) in [6.07, 6.45) is 5.16. The number of halogens is 2. The summed E-state index contributed by atoms with van der Waals surface area (Å²) in [5.74, 6) is -0.405. The minimum Gasteiger partial charge on any atom is -0.311 e. The van der Waals surface area contributed by atoms with Crippen molar-refractivity contribution in [3.05, 3.63) is 53.9 Å². The van der Waals surface area contributed by atoms with Crippen LogP contribution in [0, 0.1) is 11.8 Å². The van der Waals surface area contributed by atoms with Crippen molar-refractivity contribution in [2.24, 2.45) is 0 Å². The molecule has 1 N–H and O–H groups in total. The van der Waals surface area contributed by atoms with Gasteiger partial charge in [0, 0.05) is 29.8 Å². The standard InChI is InChI=1S/C17H16F2N2/c18-12-3-1-10(2-4-12)15-7-11(9-20-17(15)19)14-8-13-5-6-16(14)21-13/h1-4,7,9,13-14,16,21H,5-6,8H2/t13-,14?,16+/m0/s1/i19-1. The highest BCUT2D eigenvalue weighted by Crippen LogP contribution is 2.40. The molecule has 2 aromatic rings. The largest absolute Gasteiger partial charge is 0.311 e. The van der Waals surface area contributed by atoms with E-state index in [1.165, 1.54) is 25.0 Å². The number of pyridine rings is 1. The molecule has 108 valence electrons.